The third kappa shape index (κ3) is 5.61. The Morgan fingerprint density at radius 3 is 2.44 bits per heavy atom. The molecule has 0 radical (unpaired) electrons. The minimum atomic E-state index is -3.11. The smallest absolute Gasteiger partial charge is 0.322 e. The summed E-state index contributed by atoms with van der Waals surface area (Å²) in [4.78, 5) is 20.4. The van der Waals surface area contributed by atoms with Crippen LogP contribution in [-0.2, 0) is 19.4 Å². The Kier molecular flexibility index (Phi) is 6.67. The zero-order chi connectivity index (χ0) is 20.0. The lowest BCUT2D eigenvalue weighted by Gasteiger charge is -2.05. The Morgan fingerprint density at radius 1 is 1.30 bits per heavy atom. The average molecular weight is 395 g/mol. The van der Waals surface area contributed by atoms with E-state index in [1.807, 2.05) is 24.3 Å². The van der Waals surface area contributed by atoms with Crippen molar-refractivity contribution in [3.05, 3.63) is 29.8 Å². The summed E-state index contributed by atoms with van der Waals surface area (Å²) in [7, 11) is -3.11. The highest BCUT2D eigenvalue weighted by Gasteiger charge is 2.33. The van der Waals surface area contributed by atoms with Crippen molar-refractivity contribution < 1.29 is 27.5 Å². The summed E-state index contributed by atoms with van der Waals surface area (Å²) in [6, 6.07) is 7.74. The molecule has 1 saturated heterocycles. The minimum absolute atomic E-state index is 0.0211. The highest BCUT2D eigenvalue weighted by Crippen LogP contribution is 2.24. The number of carboxylic acid groups (broad SMARTS) is 1. The number of anilines is 1. The van der Waals surface area contributed by atoms with E-state index in [0.717, 1.165) is 5.56 Å². The lowest BCUT2D eigenvalue weighted by molar-refractivity contribution is -0.123. The SMILES string of the molecule is CC(C)c1ccc(-c2nnc(NC(=O)C3CCS(=O)(=O)C3)o2)cc1.O=CO. The van der Waals surface area contributed by atoms with Gasteiger partial charge in [0.1, 0.15) is 0 Å². The molecule has 3 rings (SSSR count). The summed E-state index contributed by atoms with van der Waals surface area (Å²) in [5, 5.41) is 17.1. The van der Waals surface area contributed by atoms with Gasteiger partial charge in [-0.3, -0.25) is 14.9 Å². The highest BCUT2D eigenvalue weighted by atomic mass is 32.2. The molecule has 27 heavy (non-hydrogen) atoms. The molecule has 1 amide bonds. The van der Waals surface area contributed by atoms with Gasteiger partial charge >= 0.3 is 6.01 Å². The monoisotopic (exact) mass is 395 g/mol. The van der Waals surface area contributed by atoms with Crippen molar-refractivity contribution in [1.82, 2.24) is 10.2 Å². The van der Waals surface area contributed by atoms with Gasteiger partial charge in [-0.1, -0.05) is 31.1 Å². The van der Waals surface area contributed by atoms with Gasteiger partial charge in [-0.15, -0.1) is 5.10 Å². The van der Waals surface area contributed by atoms with Crippen LogP contribution in [-0.4, -0.2) is 47.6 Å². The number of carbonyl (C=O) groups is 2. The molecule has 10 heteroatoms. The first-order valence-electron chi connectivity index (χ1n) is 8.28. The predicted octanol–water partition coefficient (Wildman–Crippen LogP) is 1.93. The van der Waals surface area contributed by atoms with E-state index in [-0.39, 0.29) is 24.0 Å². The lowest BCUT2D eigenvalue weighted by atomic mass is 10.0. The summed E-state index contributed by atoms with van der Waals surface area (Å²) < 4.78 is 28.3. The molecule has 1 aromatic heterocycles. The van der Waals surface area contributed by atoms with E-state index < -0.39 is 21.7 Å². The van der Waals surface area contributed by atoms with E-state index in [9.17, 15) is 13.2 Å². The van der Waals surface area contributed by atoms with E-state index in [4.69, 9.17) is 14.3 Å². The molecule has 1 unspecified atom stereocenters. The maximum absolute atomic E-state index is 12.1. The molecule has 2 N–H and O–H groups in total. The van der Waals surface area contributed by atoms with Crippen molar-refractivity contribution in [2.75, 3.05) is 16.8 Å². The summed E-state index contributed by atoms with van der Waals surface area (Å²) in [6.07, 6.45) is 0.325. The van der Waals surface area contributed by atoms with Crippen LogP contribution in [0.3, 0.4) is 0 Å². The first kappa shape index (κ1) is 20.6. The van der Waals surface area contributed by atoms with Crippen LogP contribution in [0.25, 0.3) is 11.5 Å². The quantitative estimate of drug-likeness (QED) is 0.749. The molecule has 1 aliphatic heterocycles. The van der Waals surface area contributed by atoms with Crippen LogP contribution in [0.1, 0.15) is 31.7 Å². The number of amides is 1. The second-order valence-corrected chi connectivity index (χ2v) is 8.61. The van der Waals surface area contributed by atoms with Crippen molar-refractivity contribution >= 4 is 28.2 Å². The standard InChI is InChI=1S/C16H19N3O4S.CH2O2/c1-10(2)11-3-5-12(6-4-11)15-18-19-16(23-15)17-14(20)13-7-8-24(21,22)9-13;2-1-3/h3-6,10,13H,7-9H2,1-2H3,(H,17,19,20);1H,(H,2,3). The van der Waals surface area contributed by atoms with E-state index in [0.29, 0.717) is 18.2 Å². The van der Waals surface area contributed by atoms with Gasteiger partial charge < -0.3 is 9.52 Å². The number of nitrogens with one attached hydrogen (secondary N) is 1. The van der Waals surface area contributed by atoms with Gasteiger partial charge in [0.2, 0.25) is 11.8 Å². The molecule has 0 aliphatic carbocycles. The van der Waals surface area contributed by atoms with Crippen molar-refractivity contribution in [1.29, 1.82) is 0 Å². The van der Waals surface area contributed by atoms with Gasteiger partial charge in [0, 0.05) is 5.56 Å². The summed E-state index contributed by atoms with van der Waals surface area (Å²) in [6.45, 7) is 3.97. The molecule has 9 nitrogen and oxygen atoms in total. The van der Waals surface area contributed by atoms with E-state index in [1.54, 1.807) is 0 Å². The highest BCUT2D eigenvalue weighted by molar-refractivity contribution is 7.91. The number of nitrogens with zero attached hydrogens (tertiary/aromatic N) is 2. The van der Waals surface area contributed by atoms with E-state index >= 15 is 0 Å². The van der Waals surface area contributed by atoms with Crippen LogP contribution >= 0.6 is 0 Å². The molecule has 1 aliphatic rings. The lowest BCUT2D eigenvalue weighted by Crippen LogP contribution is -2.23. The third-order valence-corrected chi connectivity index (χ3v) is 5.85. The number of sulfone groups is 1. The Bertz CT molecular complexity index is 890. The number of benzene rings is 1. The number of hydrogen-bond acceptors (Lipinski definition) is 7. The Hall–Kier alpha value is -2.75. The van der Waals surface area contributed by atoms with Crippen molar-refractivity contribution in [3.63, 3.8) is 0 Å². The first-order chi connectivity index (χ1) is 12.8. The molecular weight excluding hydrogens is 374 g/mol. The number of aromatic nitrogens is 2. The van der Waals surface area contributed by atoms with Gasteiger partial charge in [0.05, 0.1) is 17.4 Å². The molecule has 0 bridgehead atoms. The van der Waals surface area contributed by atoms with Gasteiger partial charge in [0.25, 0.3) is 6.47 Å². The fourth-order valence-electron chi connectivity index (χ4n) is 2.61. The third-order valence-electron chi connectivity index (χ3n) is 4.08. The van der Waals surface area contributed by atoms with Crippen molar-refractivity contribution in [3.8, 4) is 11.5 Å². The fourth-order valence-corrected chi connectivity index (χ4v) is 4.35. The number of hydrogen-bond donors (Lipinski definition) is 2. The van der Waals surface area contributed by atoms with Crippen LogP contribution in [0.5, 0.6) is 0 Å². The minimum Gasteiger partial charge on any atom is -0.483 e. The molecule has 1 atom stereocenters. The normalized spacial score (nSPS) is 17.8. The molecule has 1 aromatic carbocycles. The maximum Gasteiger partial charge on any atom is 0.322 e. The van der Waals surface area contributed by atoms with Crippen LogP contribution in [0.2, 0.25) is 0 Å². The predicted molar refractivity (Wildman–Crippen MR) is 97.9 cm³/mol. The number of rotatable bonds is 4. The molecule has 0 saturated carbocycles. The van der Waals surface area contributed by atoms with Crippen LogP contribution in [0.15, 0.2) is 28.7 Å². The van der Waals surface area contributed by atoms with Crippen LogP contribution in [0, 0.1) is 5.92 Å². The first-order valence-corrected chi connectivity index (χ1v) is 10.1. The van der Waals surface area contributed by atoms with Gasteiger partial charge in [-0.25, -0.2) is 8.42 Å². The fraction of sp³-hybridized carbons (Fsp3) is 0.412. The Morgan fingerprint density at radius 2 is 1.93 bits per heavy atom. The van der Waals surface area contributed by atoms with Crippen LogP contribution < -0.4 is 5.32 Å². The zero-order valence-electron chi connectivity index (χ0n) is 15.0. The molecule has 0 spiro atoms. The molecule has 1 fully saturated rings. The molecular formula is C17H21N3O6S. The average Bonchev–Trinajstić information content (AvgIpc) is 3.22. The topological polar surface area (TPSA) is 139 Å². The molecule has 146 valence electrons. The second kappa shape index (κ2) is 8.76. The van der Waals surface area contributed by atoms with Crippen molar-refractivity contribution in [2.45, 2.75) is 26.2 Å². The molecule has 2 heterocycles. The maximum atomic E-state index is 12.1. The summed E-state index contributed by atoms with van der Waals surface area (Å²) >= 11 is 0. The van der Waals surface area contributed by atoms with Gasteiger partial charge in [-0.05, 0) is 30.0 Å². The van der Waals surface area contributed by atoms with Gasteiger partial charge in [0.15, 0.2) is 9.84 Å². The second-order valence-electron chi connectivity index (χ2n) is 6.38. The Balaban J connectivity index is 0.000000817. The largest absolute Gasteiger partial charge is 0.483 e. The summed E-state index contributed by atoms with van der Waals surface area (Å²) in [5.41, 5.74) is 1.96. The van der Waals surface area contributed by atoms with Crippen molar-refractivity contribution in [2.24, 2.45) is 5.92 Å². The zero-order valence-corrected chi connectivity index (χ0v) is 15.8. The van der Waals surface area contributed by atoms with Gasteiger partial charge in [-0.2, -0.15) is 0 Å². The summed E-state index contributed by atoms with van der Waals surface area (Å²) in [5.74, 6) is -0.310. The molecule has 2 aromatic rings. The van der Waals surface area contributed by atoms with E-state index in [1.165, 1.54) is 5.56 Å². The Labute approximate surface area is 156 Å². The van der Waals surface area contributed by atoms with E-state index in [2.05, 4.69) is 29.4 Å². The van der Waals surface area contributed by atoms with Crippen LogP contribution in [0.4, 0.5) is 6.01 Å². The number of carbonyl (C=O) groups excluding carboxylic acids is 1.